The molecule has 1 aromatic heterocycles. The Hall–Kier alpha value is -1.33. The molecular weight excluding hydrogens is 254 g/mol. The van der Waals surface area contributed by atoms with Gasteiger partial charge in [0.1, 0.15) is 5.15 Å². The second kappa shape index (κ2) is 5.54. The van der Waals surface area contributed by atoms with Crippen LogP contribution in [0.15, 0.2) is 12.3 Å². The van der Waals surface area contributed by atoms with Crippen molar-refractivity contribution in [2.45, 2.75) is 25.3 Å². The number of hydrogen-bond donors (Lipinski definition) is 3. The van der Waals surface area contributed by atoms with Crippen molar-refractivity contribution < 1.29 is 9.90 Å². The Morgan fingerprint density at radius 3 is 3.11 bits per heavy atom. The molecule has 2 rings (SSSR count). The molecule has 2 unspecified atom stereocenters. The molecule has 98 valence electrons. The van der Waals surface area contributed by atoms with Crippen molar-refractivity contribution in [1.82, 2.24) is 10.3 Å². The molecule has 1 amide bonds. The van der Waals surface area contributed by atoms with Gasteiger partial charge in [-0.1, -0.05) is 18.0 Å². The second-order valence-electron chi connectivity index (χ2n) is 4.56. The molecule has 0 spiro atoms. The number of nitrogen functional groups attached to an aromatic ring is 1. The summed E-state index contributed by atoms with van der Waals surface area (Å²) in [7, 11) is 0. The minimum Gasteiger partial charge on any atom is -0.397 e. The Labute approximate surface area is 110 Å². The number of pyridine rings is 1. The van der Waals surface area contributed by atoms with Crippen LogP contribution in [-0.4, -0.2) is 28.6 Å². The van der Waals surface area contributed by atoms with Crippen molar-refractivity contribution in [2.24, 2.45) is 5.92 Å². The molecule has 1 fully saturated rings. The first kappa shape index (κ1) is 13.1. The average Bonchev–Trinajstić information content (AvgIpc) is 2.79. The molecule has 1 aromatic rings. The summed E-state index contributed by atoms with van der Waals surface area (Å²) in [5, 5.41) is 12.2. The van der Waals surface area contributed by atoms with E-state index in [-0.39, 0.29) is 35.2 Å². The third kappa shape index (κ3) is 2.73. The van der Waals surface area contributed by atoms with Crippen LogP contribution < -0.4 is 11.1 Å². The molecule has 1 heterocycles. The number of aromatic nitrogens is 1. The monoisotopic (exact) mass is 269 g/mol. The fourth-order valence-electron chi connectivity index (χ4n) is 2.31. The lowest BCUT2D eigenvalue weighted by atomic mass is 10.0. The van der Waals surface area contributed by atoms with Gasteiger partial charge in [0, 0.05) is 18.6 Å². The summed E-state index contributed by atoms with van der Waals surface area (Å²) in [5.74, 6) is -0.160. The molecule has 0 aromatic carbocycles. The highest BCUT2D eigenvalue weighted by Crippen LogP contribution is 2.26. The van der Waals surface area contributed by atoms with Crippen LogP contribution in [0.4, 0.5) is 5.69 Å². The van der Waals surface area contributed by atoms with Gasteiger partial charge in [-0.25, -0.2) is 4.98 Å². The first-order valence-corrected chi connectivity index (χ1v) is 6.32. The molecule has 0 aliphatic heterocycles. The fraction of sp³-hybridized carbons (Fsp3) is 0.500. The second-order valence-corrected chi connectivity index (χ2v) is 4.92. The zero-order chi connectivity index (χ0) is 13.1. The summed E-state index contributed by atoms with van der Waals surface area (Å²) in [6, 6.07) is 1.51. The molecule has 6 heteroatoms. The lowest BCUT2D eigenvalue weighted by Gasteiger charge is -2.19. The molecule has 1 aliphatic rings. The molecule has 4 N–H and O–H groups in total. The number of carbonyl (C=O) groups excluding carboxylic acids is 1. The predicted molar refractivity (Wildman–Crippen MR) is 69.3 cm³/mol. The molecule has 5 nitrogen and oxygen atoms in total. The van der Waals surface area contributed by atoms with Crippen molar-refractivity contribution in [3.8, 4) is 0 Å². The summed E-state index contributed by atoms with van der Waals surface area (Å²) >= 11 is 5.87. The minimum atomic E-state index is -0.287. The van der Waals surface area contributed by atoms with E-state index in [4.69, 9.17) is 17.3 Å². The highest BCUT2D eigenvalue weighted by molar-refractivity contribution is 6.32. The van der Waals surface area contributed by atoms with Gasteiger partial charge in [0.2, 0.25) is 0 Å². The largest absolute Gasteiger partial charge is 0.397 e. The Bertz CT molecular complexity index is 453. The summed E-state index contributed by atoms with van der Waals surface area (Å²) < 4.78 is 0. The fourth-order valence-corrected chi connectivity index (χ4v) is 2.50. The van der Waals surface area contributed by atoms with E-state index in [1.807, 2.05) is 0 Å². The summed E-state index contributed by atoms with van der Waals surface area (Å²) in [6.45, 7) is 0.0911. The molecule has 1 aliphatic carbocycles. The van der Waals surface area contributed by atoms with E-state index < -0.39 is 0 Å². The van der Waals surface area contributed by atoms with E-state index in [1.165, 1.54) is 12.3 Å². The number of nitrogens with two attached hydrogens (primary N) is 1. The predicted octanol–water partition coefficient (Wildman–Crippen LogP) is 1.21. The van der Waals surface area contributed by atoms with Gasteiger partial charge in [-0.2, -0.15) is 0 Å². The number of nitrogens with zero attached hydrogens (tertiary/aromatic N) is 1. The van der Waals surface area contributed by atoms with Crippen LogP contribution in [0.2, 0.25) is 5.15 Å². The van der Waals surface area contributed by atoms with E-state index in [2.05, 4.69) is 10.3 Å². The zero-order valence-electron chi connectivity index (χ0n) is 9.90. The first-order valence-electron chi connectivity index (χ1n) is 5.94. The SMILES string of the molecule is Nc1cnc(Cl)c(C(=O)NC2CCCC2CO)c1. The normalized spacial score (nSPS) is 23.0. The standard InChI is InChI=1S/C12H16ClN3O2/c13-11-9(4-8(14)5-15-11)12(18)16-10-3-1-2-7(10)6-17/h4-5,7,10,17H,1-3,6,14H2,(H,16,18). The molecule has 1 saturated carbocycles. The van der Waals surface area contributed by atoms with Crippen molar-refractivity contribution in [3.05, 3.63) is 23.0 Å². The van der Waals surface area contributed by atoms with Crippen LogP contribution in [-0.2, 0) is 0 Å². The average molecular weight is 270 g/mol. The van der Waals surface area contributed by atoms with Gasteiger partial charge in [0.05, 0.1) is 17.4 Å². The summed E-state index contributed by atoms with van der Waals surface area (Å²) in [6.07, 6.45) is 4.24. The van der Waals surface area contributed by atoms with Gasteiger partial charge < -0.3 is 16.2 Å². The number of rotatable bonds is 3. The zero-order valence-corrected chi connectivity index (χ0v) is 10.7. The molecule has 2 atom stereocenters. The van der Waals surface area contributed by atoms with Gasteiger partial charge >= 0.3 is 0 Å². The van der Waals surface area contributed by atoms with Crippen LogP contribution in [0, 0.1) is 5.92 Å². The maximum Gasteiger partial charge on any atom is 0.254 e. The number of amides is 1. The van der Waals surface area contributed by atoms with Gasteiger partial charge in [-0.05, 0) is 18.9 Å². The maximum atomic E-state index is 12.1. The smallest absolute Gasteiger partial charge is 0.254 e. The van der Waals surface area contributed by atoms with Gasteiger partial charge in [0.25, 0.3) is 5.91 Å². The highest BCUT2D eigenvalue weighted by atomic mass is 35.5. The van der Waals surface area contributed by atoms with E-state index in [1.54, 1.807) is 0 Å². The number of halogens is 1. The van der Waals surface area contributed by atoms with E-state index in [0.29, 0.717) is 5.69 Å². The van der Waals surface area contributed by atoms with Crippen LogP contribution in [0.3, 0.4) is 0 Å². The number of aliphatic hydroxyl groups excluding tert-OH is 1. The maximum absolute atomic E-state index is 12.1. The van der Waals surface area contributed by atoms with E-state index >= 15 is 0 Å². The van der Waals surface area contributed by atoms with Crippen LogP contribution in [0.1, 0.15) is 29.6 Å². The Morgan fingerprint density at radius 2 is 2.39 bits per heavy atom. The summed E-state index contributed by atoms with van der Waals surface area (Å²) in [4.78, 5) is 15.9. The van der Waals surface area contributed by atoms with Crippen molar-refractivity contribution in [1.29, 1.82) is 0 Å². The number of nitrogens with one attached hydrogen (secondary N) is 1. The van der Waals surface area contributed by atoms with Crippen molar-refractivity contribution in [2.75, 3.05) is 12.3 Å². The lowest BCUT2D eigenvalue weighted by Crippen LogP contribution is -2.38. The molecule has 0 saturated heterocycles. The Kier molecular flexibility index (Phi) is 4.04. The van der Waals surface area contributed by atoms with Gasteiger partial charge in [-0.3, -0.25) is 4.79 Å². The topological polar surface area (TPSA) is 88.2 Å². The highest BCUT2D eigenvalue weighted by Gasteiger charge is 2.28. The van der Waals surface area contributed by atoms with E-state index in [0.717, 1.165) is 19.3 Å². The van der Waals surface area contributed by atoms with Gasteiger partial charge in [0.15, 0.2) is 0 Å². The number of carbonyl (C=O) groups is 1. The molecule has 18 heavy (non-hydrogen) atoms. The lowest BCUT2D eigenvalue weighted by molar-refractivity contribution is 0.0916. The quantitative estimate of drug-likeness (QED) is 0.720. The molecular formula is C12H16ClN3O2. The molecule has 0 radical (unpaired) electrons. The van der Waals surface area contributed by atoms with E-state index in [9.17, 15) is 9.90 Å². The third-order valence-electron chi connectivity index (χ3n) is 3.31. The number of hydrogen-bond acceptors (Lipinski definition) is 4. The number of anilines is 1. The van der Waals surface area contributed by atoms with Crippen LogP contribution >= 0.6 is 11.6 Å². The van der Waals surface area contributed by atoms with Crippen molar-refractivity contribution >= 4 is 23.2 Å². The van der Waals surface area contributed by atoms with Gasteiger partial charge in [-0.15, -0.1) is 0 Å². The summed E-state index contributed by atoms with van der Waals surface area (Å²) in [5.41, 5.74) is 6.26. The van der Waals surface area contributed by atoms with Crippen LogP contribution in [0.5, 0.6) is 0 Å². The first-order chi connectivity index (χ1) is 8.61. The minimum absolute atomic E-state index is 0.00000252. The molecule has 0 bridgehead atoms. The Morgan fingerprint density at radius 1 is 1.61 bits per heavy atom. The van der Waals surface area contributed by atoms with Crippen LogP contribution in [0.25, 0.3) is 0 Å². The Balaban J connectivity index is 2.09. The third-order valence-corrected chi connectivity index (χ3v) is 3.62. The number of aliphatic hydroxyl groups is 1. The van der Waals surface area contributed by atoms with Crippen molar-refractivity contribution in [3.63, 3.8) is 0 Å².